The summed E-state index contributed by atoms with van der Waals surface area (Å²) in [4.78, 5) is 33.4. The first-order valence-electron chi connectivity index (χ1n) is 11.6. The normalized spacial score (nSPS) is 13.8. The zero-order valence-electron chi connectivity index (χ0n) is 19.4. The van der Waals surface area contributed by atoms with Gasteiger partial charge < -0.3 is 19.3 Å². The van der Waals surface area contributed by atoms with Gasteiger partial charge in [0.05, 0.1) is 12.2 Å². The lowest BCUT2D eigenvalue weighted by Crippen LogP contribution is -2.35. The molecule has 1 fully saturated rings. The predicted molar refractivity (Wildman–Crippen MR) is 130 cm³/mol. The van der Waals surface area contributed by atoms with Crippen molar-refractivity contribution in [3.63, 3.8) is 0 Å². The molecule has 176 valence electrons. The Kier molecular flexibility index (Phi) is 7.75. The molecule has 3 aromatic rings. The van der Waals surface area contributed by atoms with Gasteiger partial charge in [-0.3, -0.25) is 4.79 Å². The number of ether oxygens (including phenoxy) is 2. The Morgan fingerprint density at radius 3 is 2.35 bits per heavy atom. The summed E-state index contributed by atoms with van der Waals surface area (Å²) in [5.74, 6) is 1.28. The summed E-state index contributed by atoms with van der Waals surface area (Å²) < 4.78 is 10.8. The van der Waals surface area contributed by atoms with Crippen molar-refractivity contribution in [2.24, 2.45) is 0 Å². The number of rotatable bonds is 7. The number of carbonyl (C=O) groups is 2. The summed E-state index contributed by atoms with van der Waals surface area (Å²) in [7, 11) is 0. The number of hydrogen-bond donors (Lipinski definition) is 0. The lowest BCUT2D eigenvalue weighted by molar-refractivity contribution is 0.0525. The number of nitrogens with zero attached hydrogens (tertiary/aromatic N) is 3. The summed E-state index contributed by atoms with van der Waals surface area (Å²) in [5, 5.41) is 0. The van der Waals surface area contributed by atoms with E-state index in [9.17, 15) is 9.59 Å². The number of benzene rings is 2. The van der Waals surface area contributed by atoms with E-state index in [4.69, 9.17) is 9.47 Å². The molecular formula is C27H29N3O4. The van der Waals surface area contributed by atoms with Crippen LogP contribution in [0.5, 0.6) is 5.75 Å². The summed E-state index contributed by atoms with van der Waals surface area (Å²) in [5.41, 5.74) is 2.13. The van der Waals surface area contributed by atoms with E-state index in [0.717, 1.165) is 30.1 Å². The number of esters is 1. The minimum Gasteiger partial charge on any atom is -0.489 e. The van der Waals surface area contributed by atoms with Crippen molar-refractivity contribution in [3.05, 3.63) is 89.6 Å². The second-order valence-corrected chi connectivity index (χ2v) is 8.06. The predicted octanol–water partition coefficient (Wildman–Crippen LogP) is 4.19. The number of amides is 1. The number of anilines is 1. The molecular weight excluding hydrogens is 430 g/mol. The van der Waals surface area contributed by atoms with Crippen LogP contribution in [0.3, 0.4) is 0 Å². The van der Waals surface area contributed by atoms with Gasteiger partial charge in [-0.25, -0.2) is 9.78 Å². The van der Waals surface area contributed by atoms with Crippen molar-refractivity contribution < 1.29 is 19.1 Å². The molecule has 1 aliphatic rings. The van der Waals surface area contributed by atoms with Crippen LogP contribution in [-0.4, -0.2) is 54.5 Å². The first-order chi connectivity index (χ1) is 16.6. The zero-order valence-corrected chi connectivity index (χ0v) is 19.4. The summed E-state index contributed by atoms with van der Waals surface area (Å²) in [6.45, 7) is 5.35. The lowest BCUT2D eigenvalue weighted by Gasteiger charge is -2.23. The smallest absolute Gasteiger partial charge is 0.339 e. The van der Waals surface area contributed by atoms with Gasteiger partial charge in [0.15, 0.2) is 0 Å². The Labute approximate surface area is 199 Å². The van der Waals surface area contributed by atoms with Gasteiger partial charge in [0.1, 0.15) is 18.2 Å². The minimum absolute atomic E-state index is 0.0306. The highest BCUT2D eigenvalue weighted by Crippen LogP contribution is 2.17. The number of para-hydroxylation sites is 1. The summed E-state index contributed by atoms with van der Waals surface area (Å²) >= 11 is 0. The fourth-order valence-corrected chi connectivity index (χ4v) is 3.87. The SMILES string of the molecule is CCOC(=O)c1ccc(N2CCCN(C(=O)c3ccc(COc4ccccc4)cc3)CC2)nc1. The molecule has 34 heavy (non-hydrogen) atoms. The standard InChI is InChI=1S/C27H29N3O4/c1-2-33-27(32)23-13-14-25(28-19-23)29-15-6-16-30(18-17-29)26(31)22-11-9-21(10-12-22)20-34-24-7-4-3-5-8-24/h3-5,7-14,19H,2,6,15-18,20H2,1H3. The molecule has 0 radical (unpaired) electrons. The van der Waals surface area contributed by atoms with Crippen LogP contribution in [0.4, 0.5) is 5.82 Å². The summed E-state index contributed by atoms with van der Waals surface area (Å²) in [6, 6.07) is 20.8. The fourth-order valence-electron chi connectivity index (χ4n) is 3.87. The molecule has 2 heterocycles. The quantitative estimate of drug-likeness (QED) is 0.494. The van der Waals surface area contributed by atoms with E-state index in [1.54, 1.807) is 19.2 Å². The van der Waals surface area contributed by atoms with E-state index in [2.05, 4.69) is 9.88 Å². The highest BCUT2D eigenvalue weighted by atomic mass is 16.5. The molecule has 1 saturated heterocycles. The Bertz CT molecular complexity index is 1090. The molecule has 1 amide bonds. The molecule has 0 N–H and O–H groups in total. The second-order valence-electron chi connectivity index (χ2n) is 8.06. The van der Waals surface area contributed by atoms with E-state index in [-0.39, 0.29) is 11.9 Å². The molecule has 0 aliphatic carbocycles. The molecule has 1 aliphatic heterocycles. The van der Waals surface area contributed by atoms with Gasteiger partial charge >= 0.3 is 5.97 Å². The largest absolute Gasteiger partial charge is 0.489 e. The number of pyridine rings is 1. The monoisotopic (exact) mass is 459 g/mol. The van der Waals surface area contributed by atoms with Crippen molar-refractivity contribution in [2.45, 2.75) is 20.0 Å². The molecule has 2 aromatic carbocycles. The van der Waals surface area contributed by atoms with Gasteiger partial charge in [0.2, 0.25) is 0 Å². The van der Waals surface area contributed by atoms with Gasteiger partial charge in [-0.15, -0.1) is 0 Å². The van der Waals surface area contributed by atoms with Crippen LogP contribution in [0.25, 0.3) is 0 Å². The third-order valence-electron chi connectivity index (χ3n) is 5.72. The molecule has 7 nitrogen and oxygen atoms in total. The Balaban J connectivity index is 1.32. The van der Waals surface area contributed by atoms with Crippen LogP contribution in [0.2, 0.25) is 0 Å². The lowest BCUT2D eigenvalue weighted by atomic mass is 10.1. The van der Waals surface area contributed by atoms with Gasteiger partial charge in [-0.2, -0.15) is 0 Å². The molecule has 1 aromatic heterocycles. The van der Waals surface area contributed by atoms with Crippen molar-refractivity contribution in [3.8, 4) is 5.75 Å². The number of aromatic nitrogens is 1. The van der Waals surface area contributed by atoms with Crippen molar-refractivity contribution >= 4 is 17.7 Å². The van der Waals surface area contributed by atoms with E-state index in [0.29, 0.717) is 44.0 Å². The van der Waals surface area contributed by atoms with Crippen molar-refractivity contribution in [1.82, 2.24) is 9.88 Å². The molecule has 4 rings (SSSR count). The van der Waals surface area contributed by atoms with Crippen LogP contribution in [-0.2, 0) is 11.3 Å². The maximum Gasteiger partial charge on any atom is 0.339 e. The molecule has 7 heteroatoms. The van der Waals surface area contributed by atoms with E-state index in [1.165, 1.54) is 0 Å². The molecule has 0 atom stereocenters. The van der Waals surface area contributed by atoms with Crippen molar-refractivity contribution in [1.29, 1.82) is 0 Å². The Morgan fingerprint density at radius 1 is 0.882 bits per heavy atom. The third kappa shape index (κ3) is 5.92. The van der Waals surface area contributed by atoms with E-state index in [1.807, 2.05) is 65.6 Å². The maximum atomic E-state index is 13.1. The van der Waals surface area contributed by atoms with Crippen LogP contribution >= 0.6 is 0 Å². The Morgan fingerprint density at radius 2 is 1.65 bits per heavy atom. The van der Waals surface area contributed by atoms with Gasteiger partial charge in [-0.1, -0.05) is 30.3 Å². The first-order valence-corrected chi connectivity index (χ1v) is 11.6. The molecule has 0 spiro atoms. The fraction of sp³-hybridized carbons (Fsp3) is 0.296. The van der Waals surface area contributed by atoms with E-state index >= 15 is 0 Å². The number of carbonyl (C=O) groups excluding carboxylic acids is 2. The average molecular weight is 460 g/mol. The third-order valence-corrected chi connectivity index (χ3v) is 5.72. The van der Waals surface area contributed by atoms with Crippen LogP contribution < -0.4 is 9.64 Å². The van der Waals surface area contributed by atoms with E-state index < -0.39 is 0 Å². The van der Waals surface area contributed by atoms with Crippen LogP contribution in [0.15, 0.2) is 72.9 Å². The molecule has 0 bridgehead atoms. The highest BCUT2D eigenvalue weighted by Gasteiger charge is 2.21. The van der Waals surface area contributed by atoms with Crippen LogP contribution in [0.1, 0.15) is 39.6 Å². The zero-order chi connectivity index (χ0) is 23.8. The second kappa shape index (κ2) is 11.3. The van der Waals surface area contributed by atoms with Crippen molar-refractivity contribution in [2.75, 3.05) is 37.7 Å². The molecule has 0 unspecified atom stereocenters. The molecule has 0 saturated carbocycles. The van der Waals surface area contributed by atoms with Gasteiger partial charge in [-0.05, 0) is 55.3 Å². The number of hydrogen-bond acceptors (Lipinski definition) is 6. The summed E-state index contributed by atoms with van der Waals surface area (Å²) in [6.07, 6.45) is 2.39. The van der Waals surface area contributed by atoms with Gasteiger partial charge in [0, 0.05) is 37.9 Å². The topological polar surface area (TPSA) is 72.0 Å². The maximum absolute atomic E-state index is 13.1. The average Bonchev–Trinajstić information content (AvgIpc) is 3.15. The van der Waals surface area contributed by atoms with Gasteiger partial charge in [0.25, 0.3) is 5.91 Å². The first kappa shape index (κ1) is 23.3. The highest BCUT2D eigenvalue weighted by molar-refractivity contribution is 5.94. The minimum atomic E-state index is -0.369. The Hall–Kier alpha value is -3.87. The van der Waals surface area contributed by atoms with Crippen LogP contribution in [0, 0.1) is 0 Å².